The van der Waals surface area contributed by atoms with E-state index in [4.69, 9.17) is 4.74 Å². The van der Waals surface area contributed by atoms with Crippen molar-refractivity contribution < 1.29 is 20.1 Å². The lowest BCUT2D eigenvalue weighted by molar-refractivity contribution is 0.448. The van der Waals surface area contributed by atoms with Crippen LogP contribution in [0.15, 0.2) is 66.7 Å². The Balaban J connectivity index is 1.83. The van der Waals surface area contributed by atoms with E-state index in [-0.39, 0.29) is 17.2 Å². The van der Waals surface area contributed by atoms with Crippen LogP contribution in [-0.2, 0) is 0 Å². The molecular weight excluding hydrogens is 426 g/mol. The van der Waals surface area contributed by atoms with Crippen LogP contribution in [-0.4, -0.2) is 15.3 Å². The van der Waals surface area contributed by atoms with Crippen molar-refractivity contribution in [3.05, 3.63) is 94.5 Å². The van der Waals surface area contributed by atoms with Gasteiger partial charge in [0.1, 0.15) is 28.7 Å². The van der Waals surface area contributed by atoms with Crippen molar-refractivity contribution in [3.8, 4) is 28.7 Å². The van der Waals surface area contributed by atoms with Crippen molar-refractivity contribution in [3.63, 3.8) is 0 Å². The zero-order valence-electron chi connectivity index (χ0n) is 20.0. The third kappa shape index (κ3) is 4.37. The van der Waals surface area contributed by atoms with Crippen LogP contribution in [0.3, 0.4) is 0 Å². The molecule has 0 heterocycles. The number of hydrogen-bond donors (Lipinski definition) is 3. The standard InChI is InChI=1S/C29H29NO4/c1-17-13-23(31)14-18(2)28(17)30(29-19(3)15-24(32)16-20(29)4)22-9-11-25(12-10-22)34-27-8-6-7-26(33)21(27)5/h6-16,31-33H,1-5H3. The first-order chi connectivity index (χ1) is 16.2. The largest absolute Gasteiger partial charge is 0.508 e. The summed E-state index contributed by atoms with van der Waals surface area (Å²) in [6, 6.07) is 20.0. The second kappa shape index (κ2) is 9.02. The molecule has 0 radical (unpaired) electrons. The fraction of sp³-hybridized carbons (Fsp3) is 0.172. The molecule has 0 saturated carbocycles. The molecule has 0 aromatic heterocycles. The van der Waals surface area contributed by atoms with E-state index in [1.54, 1.807) is 36.4 Å². The zero-order valence-corrected chi connectivity index (χ0v) is 20.0. The smallest absolute Gasteiger partial charge is 0.134 e. The molecule has 34 heavy (non-hydrogen) atoms. The van der Waals surface area contributed by atoms with Gasteiger partial charge < -0.3 is 25.0 Å². The number of rotatable bonds is 5. The Morgan fingerprint density at radius 1 is 0.618 bits per heavy atom. The van der Waals surface area contributed by atoms with E-state index in [0.29, 0.717) is 17.1 Å². The first-order valence-electron chi connectivity index (χ1n) is 11.1. The van der Waals surface area contributed by atoms with Gasteiger partial charge in [-0.1, -0.05) is 6.07 Å². The number of hydrogen-bond acceptors (Lipinski definition) is 5. The third-order valence-corrected chi connectivity index (χ3v) is 5.98. The Bertz CT molecular complexity index is 1260. The molecule has 0 saturated heterocycles. The minimum absolute atomic E-state index is 0.192. The third-order valence-electron chi connectivity index (χ3n) is 5.98. The second-order valence-corrected chi connectivity index (χ2v) is 8.69. The van der Waals surface area contributed by atoms with Crippen molar-refractivity contribution in [1.29, 1.82) is 0 Å². The van der Waals surface area contributed by atoms with Crippen molar-refractivity contribution >= 4 is 17.1 Å². The maximum atomic E-state index is 10.1. The van der Waals surface area contributed by atoms with Crippen molar-refractivity contribution in [2.45, 2.75) is 34.6 Å². The lowest BCUT2D eigenvalue weighted by Gasteiger charge is -2.31. The van der Waals surface area contributed by atoms with E-state index in [9.17, 15) is 15.3 Å². The molecule has 0 aliphatic carbocycles. The fourth-order valence-corrected chi connectivity index (χ4v) is 4.45. The Morgan fingerprint density at radius 3 is 1.56 bits per heavy atom. The fourth-order valence-electron chi connectivity index (χ4n) is 4.45. The second-order valence-electron chi connectivity index (χ2n) is 8.69. The lowest BCUT2D eigenvalue weighted by atomic mass is 10.0. The Kier molecular flexibility index (Phi) is 6.12. The highest BCUT2D eigenvalue weighted by atomic mass is 16.5. The summed E-state index contributed by atoms with van der Waals surface area (Å²) in [5.74, 6) is 1.89. The van der Waals surface area contributed by atoms with Crippen LogP contribution in [0.25, 0.3) is 0 Å². The van der Waals surface area contributed by atoms with Crippen LogP contribution in [0.5, 0.6) is 28.7 Å². The molecule has 4 aromatic carbocycles. The number of phenols is 3. The van der Waals surface area contributed by atoms with Crippen LogP contribution in [0.1, 0.15) is 27.8 Å². The Morgan fingerprint density at radius 2 is 1.09 bits per heavy atom. The molecule has 174 valence electrons. The molecule has 3 N–H and O–H groups in total. The van der Waals surface area contributed by atoms with Crippen molar-refractivity contribution in [2.75, 3.05) is 4.90 Å². The highest BCUT2D eigenvalue weighted by Crippen LogP contribution is 2.44. The number of phenolic OH excluding ortho intramolecular Hbond substituents is 3. The minimum atomic E-state index is 0.192. The maximum Gasteiger partial charge on any atom is 0.134 e. The topological polar surface area (TPSA) is 73.2 Å². The summed E-state index contributed by atoms with van der Waals surface area (Å²) in [5, 5.41) is 30.2. The van der Waals surface area contributed by atoms with E-state index < -0.39 is 0 Å². The van der Waals surface area contributed by atoms with Gasteiger partial charge in [-0.3, -0.25) is 0 Å². The van der Waals surface area contributed by atoms with E-state index in [1.807, 2.05) is 65.0 Å². The van der Waals surface area contributed by atoms with E-state index in [1.165, 1.54) is 0 Å². The Hall–Kier alpha value is -4.12. The van der Waals surface area contributed by atoms with Gasteiger partial charge in [0, 0.05) is 11.3 Å². The molecule has 0 bridgehead atoms. The normalized spacial score (nSPS) is 10.9. The minimum Gasteiger partial charge on any atom is -0.508 e. The number of aromatic hydroxyl groups is 3. The summed E-state index contributed by atoms with van der Waals surface area (Å²) in [4.78, 5) is 2.15. The molecule has 0 aliphatic rings. The average Bonchev–Trinajstić information content (AvgIpc) is 2.75. The molecule has 4 aromatic rings. The van der Waals surface area contributed by atoms with Gasteiger partial charge in [-0.05, 0) is 118 Å². The molecular formula is C29H29NO4. The van der Waals surface area contributed by atoms with Gasteiger partial charge in [-0.25, -0.2) is 0 Å². The summed E-state index contributed by atoms with van der Waals surface area (Å²) < 4.78 is 6.02. The number of anilines is 3. The first-order valence-corrected chi connectivity index (χ1v) is 11.1. The highest BCUT2D eigenvalue weighted by molar-refractivity contribution is 5.84. The summed E-state index contributed by atoms with van der Waals surface area (Å²) in [7, 11) is 0. The number of benzene rings is 4. The highest BCUT2D eigenvalue weighted by Gasteiger charge is 2.21. The molecule has 0 aliphatic heterocycles. The van der Waals surface area contributed by atoms with E-state index >= 15 is 0 Å². The van der Waals surface area contributed by atoms with E-state index in [2.05, 4.69) is 4.90 Å². The van der Waals surface area contributed by atoms with Crippen molar-refractivity contribution in [2.24, 2.45) is 0 Å². The number of ether oxygens (including phenoxy) is 1. The average molecular weight is 456 g/mol. The summed E-state index contributed by atoms with van der Waals surface area (Å²) >= 11 is 0. The van der Waals surface area contributed by atoms with Crippen LogP contribution < -0.4 is 9.64 Å². The maximum absolute atomic E-state index is 10.1. The van der Waals surface area contributed by atoms with Crippen LogP contribution in [0, 0.1) is 34.6 Å². The van der Waals surface area contributed by atoms with Crippen molar-refractivity contribution in [1.82, 2.24) is 0 Å². The molecule has 0 amide bonds. The predicted octanol–water partition coefficient (Wildman–Crippen LogP) is 7.61. The van der Waals surface area contributed by atoms with Crippen LogP contribution >= 0.6 is 0 Å². The van der Waals surface area contributed by atoms with Gasteiger partial charge in [0.15, 0.2) is 0 Å². The van der Waals surface area contributed by atoms with Gasteiger partial charge in [-0.2, -0.15) is 0 Å². The molecule has 0 unspecified atom stereocenters. The van der Waals surface area contributed by atoms with Gasteiger partial charge >= 0.3 is 0 Å². The molecule has 0 spiro atoms. The number of aryl methyl sites for hydroxylation is 4. The summed E-state index contributed by atoms with van der Waals surface area (Å²) in [6.07, 6.45) is 0. The zero-order chi connectivity index (χ0) is 24.6. The quantitative estimate of drug-likeness (QED) is 0.289. The number of nitrogens with zero attached hydrogens (tertiary/aromatic N) is 1. The molecule has 4 rings (SSSR count). The summed E-state index contributed by atoms with van der Waals surface area (Å²) in [6.45, 7) is 9.71. The molecule has 0 fully saturated rings. The monoisotopic (exact) mass is 455 g/mol. The molecule has 0 atom stereocenters. The Labute approximate surface area is 200 Å². The van der Waals surface area contributed by atoms with Gasteiger partial charge in [0.2, 0.25) is 0 Å². The summed E-state index contributed by atoms with van der Waals surface area (Å²) in [5.41, 5.74) is 7.24. The predicted molar refractivity (Wildman–Crippen MR) is 136 cm³/mol. The molecule has 5 nitrogen and oxygen atoms in total. The van der Waals surface area contributed by atoms with E-state index in [0.717, 1.165) is 39.3 Å². The van der Waals surface area contributed by atoms with Gasteiger partial charge in [0.05, 0.1) is 11.4 Å². The van der Waals surface area contributed by atoms with Gasteiger partial charge in [0.25, 0.3) is 0 Å². The van der Waals surface area contributed by atoms with Crippen LogP contribution in [0.2, 0.25) is 0 Å². The lowest BCUT2D eigenvalue weighted by Crippen LogP contribution is -2.15. The van der Waals surface area contributed by atoms with Gasteiger partial charge in [-0.15, -0.1) is 0 Å². The van der Waals surface area contributed by atoms with Crippen LogP contribution in [0.4, 0.5) is 17.1 Å². The molecule has 5 heteroatoms. The first kappa shape index (κ1) is 23.1. The SMILES string of the molecule is Cc1cc(O)cc(C)c1N(c1ccc(Oc2cccc(O)c2C)cc1)c1c(C)cc(O)cc1C.